The zero-order valence-electron chi connectivity index (χ0n) is 11.9. The SMILES string of the molecule is COc1ccc(CCCN(C)[C@H](C)[C@@H](C)O)cc1. The molecule has 3 heteroatoms. The van der Waals surface area contributed by atoms with Gasteiger partial charge in [0, 0.05) is 6.04 Å². The van der Waals surface area contributed by atoms with E-state index in [4.69, 9.17) is 4.74 Å². The second kappa shape index (κ2) is 7.39. The number of aliphatic hydroxyl groups excluding tert-OH is 1. The predicted molar refractivity (Wildman–Crippen MR) is 75.1 cm³/mol. The summed E-state index contributed by atoms with van der Waals surface area (Å²) in [6.45, 7) is 4.89. The number of ether oxygens (including phenoxy) is 1. The topological polar surface area (TPSA) is 32.7 Å². The fourth-order valence-electron chi connectivity index (χ4n) is 1.90. The van der Waals surface area contributed by atoms with Crippen molar-refractivity contribution in [3.63, 3.8) is 0 Å². The number of rotatable bonds is 7. The van der Waals surface area contributed by atoms with Gasteiger partial charge in [-0.05, 0) is 58.0 Å². The summed E-state index contributed by atoms with van der Waals surface area (Å²) in [5.74, 6) is 0.901. The molecule has 3 nitrogen and oxygen atoms in total. The highest BCUT2D eigenvalue weighted by Gasteiger charge is 2.13. The summed E-state index contributed by atoms with van der Waals surface area (Å²) < 4.78 is 5.13. The molecule has 0 amide bonds. The Kier molecular flexibility index (Phi) is 6.16. The van der Waals surface area contributed by atoms with Crippen molar-refractivity contribution >= 4 is 0 Å². The Labute approximate surface area is 110 Å². The first-order valence-electron chi connectivity index (χ1n) is 6.56. The van der Waals surface area contributed by atoms with Gasteiger partial charge in [0.2, 0.25) is 0 Å². The van der Waals surface area contributed by atoms with Crippen molar-refractivity contribution in [3.8, 4) is 5.75 Å². The van der Waals surface area contributed by atoms with Crippen molar-refractivity contribution in [2.45, 2.75) is 38.8 Å². The van der Waals surface area contributed by atoms with Gasteiger partial charge in [0.25, 0.3) is 0 Å². The summed E-state index contributed by atoms with van der Waals surface area (Å²) in [7, 11) is 3.74. The lowest BCUT2D eigenvalue weighted by Gasteiger charge is -2.26. The van der Waals surface area contributed by atoms with E-state index in [-0.39, 0.29) is 12.1 Å². The molecule has 0 bridgehead atoms. The number of methoxy groups -OCH3 is 1. The lowest BCUT2D eigenvalue weighted by Crippen LogP contribution is -2.38. The van der Waals surface area contributed by atoms with E-state index in [1.165, 1.54) is 5.56 Å². The molecule has 0 aliphatic carbocycles. The van der Waals surface area contributed by atoms with Crippen molar-refractivity contribution in [1.29, 1.82) is 0 Å². The molecule has 1 aromatic rings. The summed E-state index contributed by atoms with van der Waals surface area (Å²) in [6, 6.07) is 8.42. The van der Waals surface area contributed by atoms with Gasteiger partial charge in [-0.1, -0.05) is 12.1 Å². The Hall–Kier alpha value is -1.06. The van der Waals surface area contributed by atoms with Gasteiger partial charge < -0.3 is 14.7 Å². The van der Waals surface area contributed by atoms with Crippen LogP contribution in [0.5, 0.6) is 5.75 Å². The summed E-state index contributed by atoms with van der Waals surface area (Å²) in [5.41, 5.74) is 1.33. The minimum Gasteiger partial charge on any atom is -0.497 e. The molecule has 1 aromatic carbocycles. The average molecular weight is 251 g/mol. The maximum atomic E-state index is 9.51. The molecule has 1 rings (SSSR count). The smallest absolute Gasteiger partial charge is 0.118 e. The molecular formula is C15H25NO2. The minimum atomic E-state index is -0.281. The highest BCUT2D eigenvalue weighted by Crippen LogP contribution is 2.13. The Morgan fingerprint density at radius 2 is 1.83 bits per heavy atom. The van der Waals surface area contributed by atoms with E-state index in [1.807, 2.05) is 19.1 Å². The molecule has 0 saturated heterocycles. The van der Waals surface area contributed by atoms with E-state index >= 15 is 0 Å². The number of aryl methyl sites for hydroxylation is 1. The van der Waals surface area contributed by atoms with Gasteiger partial charge >= 0.3 is 0 Å². The van der Waals surface area contributed by atoms with E-state index in [2.05, 4.69) is 31.0 Å². The Bertz CT molecular complexity index is 335. The highest BCUT2D eigenvalue weighted by atomic mass is 16.5. The molecule has 0 unspecified atom stereocenters. The van der Waals surface area contributed by atoms with Crippen molar-refractivity contribution in [1.82, 2.24) is 4.90 Å². The highest BCUT2D eigenvalue weighted by molar-refractivity contribution is 5.27. The van der Waals surface area contributed by atoms with Gasteiger partial charge in [-0.15, -0.1) is 0 Å². The van der Waals surface area contributed by atoms with Crippen molar-refractivity contribution < 1.29 is 9.84 Å². The number of likely N-dealkylation sites (N-methyl/N-ethyl adjacent to an activating group) is 1. The fourth-order valence-corrected chi connectivity index (χ4v) is 1.90. The van der Waals surface area contributed by atoms with E-state index in [1.54, 1.807) is 7.11 Å². The van der Waals surface area contributed by atoms with Crippen LogP contribution >= 0.6 is 0 Å². The van der Waals surface area contributed by atoms with Gasteiger partial charge in [-0.25, -0.2) is 0 Å². The third kappa shape index (κ3) is 4.67. The monoisotopic (exact) mass is 251 g/mol. The molecule has 0 aliphatic rings. The molecule has 0 aromatic heterocycles. The van der Waals surface area contributed by atoms with Crippen LogP contribution in [-0.2, 0) is 6.42 Å². The number of hydrogen-bond donors (Lipinski definition) is 1. The summed E-state index contributed by atoms with van der Waals surface area (Å²) in [6.07, 6.45) is 1.87. The van der Waals surface area contributed by atoms with Crippen molar-refractivity contribution in [2.24, 2.45) is 0 Å². The number of aliphatic hydroxyl groups is 1. The first-order chi connectivity index (χ1) is 8.54. The fraction of sp³-hybridized carbons (Fsp3) is 0.600. The molecule has 0 heterocycles. The Balaban J connectivity index is 2.32. The first-order valence-corrected chi connectivity index (χ1v) is 6.56. The molecule has 1 N–H and O–H groups in total. The predicted octanol–water partition coefficient (Wildman–Crippen LogP) is 2.33. The summed E-state index contributed by atoms with van der Waals surface area (Å²) in [5, 5.41) is 9.51. The summed E-state index contributed by atoms with van der Waals surface area (Å²) >= 11 is 0. The second-order valence-electron chi connectivity index (χ2n) is 4.91. The molecule has 18 heavy (non-hydrogen) atoms. The average Bonchev–Trinajstić information content (AvgIpc) is 2.38. The lowest BCUT2D eigenvalue weighted by atomic mass is 10.1. The van der Waals surface area contributed by atoms with Crippen molar-refractivity contribution in [3.05, 3.63) is 29.8 Å². The van der Waals surface area contributed by atoms with Gasteiger partial charge in [-0.2, -0.15) is 0 Å². The molecule has 0 radical (unpaired) electrons. The van der Waals surface area contributed by atoms with E-state index < -0.39 is 0 Å². The maximum absolute atomic E-state index is 9.51. The van der Waals surface area contributed by atoms with Crippen LogP contribution in [0.2, 0.25) is 0 Å². The zero-order chi connectivity index (χ0) is 13.5. The third-order valence-corrected chi connectivity index (χ3v) is 3.53. The quantitative estimate of drug-likeness (QED) is 0.807. The molecule has 0 spiro atoms. The van der Waals surface area contributed by atoms with E-state index in [0.717, 1.165) is 25.1 Å². The van der Waals surface area contributed by atoms with Crippen LogP contribution in [0.3, 0.4) is 0 Å². The Morgan fingerprint density at radius 3 is 2.33 bits per heavy atom. The van der Waals surface area contributed by atoms with Crippen LogP contribution < -0.4 is 4.74 Å². The first kappa shape index (κ1) is 15.0. The Morgan fingerprint density at radius 1 is 1.22 bits per heavy atom. The maximum Gasteiger partial charge on any atom is 0.118 e. The largest absolute Gasteiger partial charge is 0.497 e. The standard InChI is InChI=1S/C15H25NO2/c1-12(13(2)17)16(3)11-5-6-14-7-9-15(18-4)10-8-14/h7-10,12-13,17H,5-6,11H2,1-4H3/t12-,13-/m1/s1. The van der Waals surface area contributed by atoms with Gasteiger partial charge in [0.1, 0.15) is 5.75 Å². The van der Waals surface area contributed by atoms with Crippen LogP contribution in [0, 0.1) is 0 Å². The van der Waals surface area contributed by atoms with Crippen LogP contribution in [0.15, 0.2) is 24.3 Å². The number of nitrogens with zero attached hydrogens (tertiary/aromatic N) is 1. The zero-order valence-corrected chi connectivity index (χ0v) is 11.9. The molecule has 2 atom stereocenters. The van der Waals surface area contributed by atoms with Crippen LogP contribution in [-0.4, -0.2) is 42.9 Å². The minimum absolute atomic E-state index is 0.209. The number of benzene rings is 1. The van der Waals surface area contributed by atoms with E-state index in [0.29, 0.717) is 0 Å². The lowest BCUT2D eigenvalue weighted by molar-refractivity contribution is 0.0861. The van der Waals surface area contributed by atoms with E-state index in [9.17, 15) is 5.11 Å². The third-order valence-electron chi connectivity index (χ3n) is 3.53. The van der Waals surface area contributed by atoms with Gasteiger partial charge in [0.05, 0.1) is 13.2 Å². The molecule has 0 fully saturated rings. The van der Waals surface area contributed by atoms with Crippen LogP contribution in [0.1, 0.15) is 25.8 Å². The summed E-state index contributed by atoms with van der Waals surface area (Å²) in [4.78, 5) is 2.20. The van der Waals surface area contributed by atoms with Crippen LogP contribution in [0.25, 0.3) is 0 Å². The van der Waals surface area contributed by atoms with Gasteiger partial charge in [0.15, 0.2) is 0 Å². The number of hydrogen-bond acceptors (Lipinski definition) is 3. The molecule has 102 valence electrons. The normalized spacial score (nSPS) is 14.6. The molecule has 0 aliphatic heterocycles. The molecule has 0 saturated carbocycles. The van der Waals surface area contributed by atoms with Crippen LogP contribution in [0.4, 0.5) is 0 Å². The van der Waals surface area contributed by atoms with Crippen molar-refractivity contribution in [2.75, 3.05) is 20.7 Å². The second-order valence-corrected chi connectivity index (χ2v) is 4.91. The van der Waals surface area contributed by atoms with Gasteiger partial charge in [-0.3, -0.25) is 0 Å². The molecular weight excluding hydrogens is 226 g/mol.